The maximum Gasteiger partial charge on any atom is 0.309 e. The SMILES string of the molecule is CC(C)(CC(=O)NCCc1c[nH]c2ccccc12)C(=O)O. The Labute approximate surface area is 123 Å². The summed E-state index contributed by atoms with van der Waals surface area (Å²) < 4.78 is 0. The van der Waals surface area contributed by atoms with Crippen LogP contribution in [-0.2, 0) is 16.0 Å². The van der Waals surface area contributed by atoms with Gasteiger partial charge in [0.15, 0.2) is 0 Å². The fourth-order valence-corrected chi connectivity index (χ4v) is 2.21. The van der Waals surface area contributed by atoms with Gasteiger partial charge >= 0.3 is 5.97 Å². The number of aliphatic carboxylic acids is 1. The van der Waals surface area contributed by atoms with E-state index in [9.17, 15) is 9.59 Å². The third-order valence-corrected chi connectivity index (χ3v) is 3.57. The number of nitrogens with one attached hydrogen (secondary N) is 2. The molecule has 1 heterocycles. The summed E-state index contributed by atoms with van der Waals surface area (Å²) in [4.78, 5) is 25.9. The Balaban J connectivity index is 1.87. The molecule has 0 saturated heterocycles. The molecule has 0 saturated carbocycles. The molecule has 0 fully saturated rings. The molecule has 1 aromatic heterocycles. The molecule has 0 radical (unpaired) electrons. The second-order valence-corrected chi connectivity index (χ2v) is 5.83. The number of carbonyl (C=O) groups excluding carboxylic acids is 1. The van der Waals surface area contributed by atoms with E-state index >= 15 is 0 Å². The summed E-state index contributed by atoms with van der Waals surface area (Å²) in [6, 6.07) is 8.00. The van der Waals surface area contributed by atoms with Crippen molar-refractivity contribution in [3.63, 3.8) is 0 Å². The number of carboxylic acid groups (broad SMARTS) is 1. The Morgan fingerprint density at radius 1 is 1.29 bits per heavy atom. The van der Waals surface area contributed by atoms with E-state index in [2.05, 4.69) is 10.3 Å². The topological polar surface area (TPSA) is 82.2 Å². The summed E-state index contributed by atoms with van der Waals surface area (Å²) in [5.41, 5.74) is 1.18. The van der Waals surface area contributed by atoms with Gasteiger partial charge in [0.25, 0.3) is 0 Å². The lowest BCUT2D eigenvalue weighted by Gasteiger charge is -2.18. The van der Waals surface area contributed by atoms with E-state index in [1.165, 1.54) is 0 Å². The van der Waals surface area contributed by atoms with Crippen molar-refractivity contribution in [3.05, 3.63) is 36.0 Å². The average Bonchev–Trinajstić information content (AvgIpc) is 2.81. The van der Waals surface area contributed by atoms with Crippen LogP contribution >= 0.6 is 0 Å². The van der Waals surface area contributed by atoms with E-state index in [1.807, 2.05) is 30.5 Å². The minimum absolute atomic E-state index is 0.0176. The maximum absolute atomic E-state index is 11.8. The normalized spacial score (nSPS) is 11.5. The second kappa shape index (κ2) is 5.99. The first-order valence-electron chi connectivity index (χ1n) is 6.95. The Hall–Kier alpha value is -2.30. The lowest BCUT2D eigenvalue weighted by molar-refractivity contribution is -0.149. The monoisotopic (exact) mass is 288 g/mol. The van der Waals surface area contributed by atoms with E-state index in [0.29, 0.717) is 13.0 Å². The number of para-hydroxylation sites is 1. The first-order valence-corrected chi connectivity index (χ1v) is 6.95. The number of carbonyl (C=O) groups is 2. The number of benzene rings is 1. The van der Waals surface area contributed by atoms with Crippen molar-refractivity contribution in [2.75, 3.05) is 6.54 Å². The second-order valence-electron chi connectivity index (χ2n) is 5.83. The molecular formula is C16H20N2O3. The molecule has 1 amide bonds. The third-order valence-electron chi connectivity index (χ3n) is 3.57. The van der Waals surface area contributed by atoms with Crippen molar-refractivity contribution in [2.24, 2.45) is 5.41 Å². The fourth-order valence-electron chi connectivity index (χ4n) is 2.21. The molecule has 3 N–H and O–H groups in total. The van der Waals surface area contributed by atoms with Crippen molar-refractivity contribution in [3.8, 4) is 0 Å². The summed E-state index contributed by atoms with van der Waals surface area (Å²) in [6.07, 6.45) is 2.64. The first kappa shape index (κ1) is 15.1. The predicted molar refractivity (Wildman–Crippen MR) is 81.0 cm³/mol. The van der Waals surface area contributed by atoms with Crippen LogP contribution < -0.4 is 5.32 Å². The lowest BCUT2D eigenvalue weighted by Crippen LogP contribution is -2.34. The van der Waals surface area contributed by atoms with Gasteiger partial charge in [-0.1, -0.05) is 18.2 Å². The van der Waals surface area contributed by atoms with E-state index in [0.717, 1.165) is 16.5 Å². The van der Waals surface area contributed by atoms with Gasteiger partial charge in [-0.3, -0.25) is 9.59 Å². The molecule has 2 rings (SSSR count). The molecule has 0 atom stereocenters. The van der Waals surface area contributed by atoms with Gasteiger partial charge in [0.2, 0.25) is 5.91 Å². The van der Waals surface area contributed by atoms with Crippen LogP contribution in [0, 0.1) is 5.41 Å². The number of aromatic amines is 1. The fraction of sp³-hybridized carbons (Fsp3) is 0.375. The summed E-state index contributed by atoms with van der Waals surface area (Å²) in [5, 5.41) is 12.9. The molecule has 0 bridgehead atoms. The standard InChI is InChI=1S/C16H20N2O3/c1-16(2,15(20)21)9-14(19)17-8-7-11-10-18-13-6-4-3-5-12(11)13/h3-6,10,18H,7-9H2,1-2H3,(H,17,19)(H,20,21). The largest absolute Gasteiger partial charge is 0.481 e. The van der Waals surface area contributed by atoms with E-state index in [-0.39, 0.29) is 12.3 Å². The van der Waals surface area contributed by atoms with Crippen LogP contribution in [0.3, 0.4) is 0 Å². The number of aromatic nitrogens is 1. The van der Waals surface area contributed by atoms with Crippen LogP contribution in [0.4, 0.5) is 0 Å². The van der Waals surface area contributed by atoms with Crippen LogP contribution in [0.5, 0.6) is 0 Å². The number of H-pyrrole nitrogens is 1. The minimum Gasteiger partial charge on any atom is -0.481 e. The van der Waals surface area contributed by atoms with Crippen molar-refractivity contribution in [1.29, 1.82) is 0 Å². The lowest BCUT2D eigenvalue weighted by atomic mass is 9.89. The van der Waals surface area contributed by atoms with Crippen LogP contribution in [0.25, 0.3) is 10.9 Å². The third kappa shape index (κ3) is 3.62. The number of hydrogen-bond donors (Lipinski definition) is 3. The summed E-state index contributed by atoms with van der Waals surface area (Å²) in [6.45, 7) is 3.60. The Bertz CT molecular complexity index is 658. The molecule has 0 aliphatic rings. The average molecular weight is 288 g/mol. The van der Waals surface area contributed by atoms with Gasteiger partial charge in [-0.2, -0.15) is 0 Å². The molecule has 0 spiro atoms. The van der Waals surface area contributed by atoms with Crippen molar-refractivity contribution >= 4 is 22.8 Å². The Kier molecular flexibility index (Phi) is 4.31. The van der Waals surface area contributed by atoms with Gasteiger partial charge < -0.3 is 15.4 Å². The summed E-state index contributed by atoms with van der Waals surface area (Å²) >= 11 is 0. The molecule has 0 unspecified atom stereocenters. The van der Waals surface area contributed by atoms with Gasteiger partial charge in [-0.05, 0) is 31.9 Å². The molecule has 2 aromatic rings. The van der Waals surface area contributed by atoms with Crippen molar-refractivity contribution < 1.29 is 14.7 Å². The maximum atomic E-state index is 11.8. The zero-order chi connectivity index (χ0) is 15.5. The zero-order valence-electron chi connectivity index (χ0n) is 12.3. The number of rotatable bonds is 6. The Morgan fingerprint density at radius 3 is 2.71 bits per heavy atom. The number of hydrogen-bond acceptors (Lipinski definition) is 2. The van der Waals surface area contributed by atoms with Gasteiger partial charge in [0.05, 0.1) is 5.41 Å². The van der Waals surface area contributed by atoms with Crippen LogP contribution in [-0.4, -0.2) is 28.5 Å². The zero-order valence-corrected chi connectivity index (χ0v) is 12.3. The van der Waals surface area contributed by atoms with E-state index < -0.39 is 11.4 Å². The Morgan fingerprint density at radius 2 is 2.00 bits per heavy atom. The van der Waals surface area contributed by atoms with E-state index in [4.69, 9.17) is 5.11 Å². The van der Waals surface area contributed by atoms with E-state index in [1.54, 1.807) is 13.8 Å². The molecule has 0 aliphatic heterocycles. The number of carboxylic acids is 1. The number of fused-ring (bicyclic) bond motifs is 1. The molecular weight excluding hydrogens is 268 g/mol. The van der Waals surface area contributed by atoms with Crippen LogP contribution in [0.1, 0.15) is 25.8 Å². The molecule has 0 aliphatic carbocycles. The molecule has 5 nitrogen and oxygen atoms in total. The molecule has 5 heteroatoms. The van der Waals surface area contributed by atoms with Gasteiger partial charge in [0, 0.05) is 30.1 Å². The van der Waals surface area contributed by atoms with Gasteiger partial charge in [-0.15, -0.1) is 0 Å². The van der Waals surface area contributed by atoms with Gasteiger partial charge in [0.1, 0.15) is 0 Å². The minimum atomic E-state index is -1.04. The first-order chi connectivity index (χ1) is 9.90. The molecule has 21 heavy (non-hydrogen) atoms. The molecule has 112 valence electrons. The molecule has 1 aromatic carbocycles. The summed E-state index contributed by atoms with van der Waals surface area (Å²) in [5.74, 6) is -1.20. The van der Waals surface area contributed by atoms with Crippen LogP contribution in [0.2, 0.25) is 0 Å². The smallest absolute Gasteiger partial charge is 0.309 e. The van der Waals surface area contributed by atoms with Crippen molar-refractivity contribution in [2.45, 2.75) is 26.7 Å². The highest BCUT2D eigenvalue weighted by Gasteiger charge is 2.29. The highest BCUT2D eigenvalue weighted by molar-refractivity contribution is 5.85. The highest BCUT2D eigenvalue weighted by Crippen LogP contribution is 2.20. The summed E-state index contributed by atoms with van der Waals surface area (Å²) in [7, 11) is 0. The number of amides is 1. The highest BCUT2D eigenvalue weighted by atomic mass is 16.4. The quantitative estimate of drug-likeness (QED) is 0.763. The van der Waals surface area contributed by atoms with Crippen molar-refractivity contribution in [1.82, 2.24) is 10.3 Å². The van der Waals surface area contributed by atoms with Gasteiger partial charge in [-0.25, -0.2) is 0 Å². The predicted octanol–water partition coefficient (Wildman–Crippen LogP) is 2.33. The van der Waals surface area contributed by atoms with Crippen LogP contribution in [0.15, 0.2) is 30.5 Å².